The van der Waals surface area contributed by atoms with E-state index in [-0.39, 0.29) is 11.8 Å². The van der Waals surface area contributed by atoms with Crippen LogP contribution in [0.5, 0.6) is 0 Å². The van der Waals surface area contributed by atoms with E-state index < -0.39 is 10.0 Å². The third-order valence-corrected chi connectivity index (χ3v) is 5.12. The van der Waals surface area contributed by atoms with Gasteiger partial charge in [-0.15, -0.1) is 0 Å². The van der Waals surface area contributed by atoms with Crippen molar-refractivity contribution in [2.75, 3.05) is 12.3 Å². The summed E-state index contributed by atoms with van der Waals surface area (Å²) >= 11 is 0. The first kappa shape index (κ1) is 15.9. The lowest BCUT2D eigenvalue weighted by Gasteiger charge is -2.28. The van der Waals surface area contributed by atoms with Crippen molar-refractivity contribution in [2.24, 2.45) is 5.92 Å². The Hall–Kier alpha value is -0.130. The SMILES string of the molecule is CC(C)NCCS(=O)(=O)NC(C)C1CCCCC1. The average Bonchev–Trinajstić information content (AvgIpc) is 2.28. The number of rotatable bonds is 7. The van der Waals surface area contributed by atoms with Gasteiger partial charge >= 0.3 is 0 Å². The molecule has 1 saturated carbocycles. The van der Waals surface area contributed by atoms with E-state index in [9.17, 15) is 8.42 Å². The molecule has 0 aromatic heterocycles. The van der Waals surface area contributed by atoms with Crippen LogP contribution in [0.1, 0.15) is 52.9 Å². The average molecular weight is 276 g/mol. The maximum absolute atomic E-state index is 11.9. The van der Waals surface area contributed by atoms with Gasteiger partial charge in [0.05, 0.1) is 5.75 Å². The molecule has 0 aliphatic heterocycles. The summed E-state index contributed by atoms with van der Waals surface area (Å²) in [4.78, 5) is 0. The molecule has 0 aromatic carbocycles. The molecule has 1 atom stereocenters. The van der Waals surface area contributed by atoms with Crippen LogP contribution in [0, 0.1) is 5.92 Å². The van der Waals surface area contributed by atoms with E-state index >= 15 is 0 Å². The highest BCUT2D eigenvalue weighted by molar-refractivity contribution is 7.89. The molecule has 5 heteroatoms. The van der Waals surface area contributed by atoms with E-state index in [1.807, 2.05) is 20.8 Å². The first-order valence-electron chi connectivity index (χ1n) is 7.14. The molecule has 0 spiro atoms. The molecule has 1 rings (SSSR count). The molecule has 1 fully saturated rings. The summed E-state index contributed by atoms with van der Waals surface area (Å²) in [5.74, 6) is 0.689. The fraction of sp³-hybridized carbons (Fsp3) is 1.00. The van der Waals surface area contributed by atoms with Gasteiger partial charge in [0.2, 0.25) is 10.0 Å². The van der Waals surface area contributed by atoms with Gasteiger partial charge in [-0.05, 0) is 25.7 Å². The highest BCUT2D eigenvalue weighted by atomic mass is 32.2. The molecule has 0 saturated heterocycles. The van der Waals surface area contributed by atoms with E-state index in [0.717, 1.165) is 12.8 Å². The smallest absolute Gasteiger partial charge is 0.213 e. The van der Waals surface area contributed by atoms with E-state index in [1.54, 1.807) is 0 Å². The Bertz CT molecular complexity index is 322. The maximum atomic E-state index is 11.9. The fourth-order valence-corrected chi connectivity index (χ4v) is 3.82. The third kappa shape index (κ3) is 6.16. The fourth-order valence-electron chi connectivity index (χ4n) is 2.55. The number of hydrogen-bond acceptors (Lipinski definition) is 3. The molecule has 0 bridgehead atoms. The van der Waals surface area contributed by atoms with Crippen molar-refractivity contribution < 1.29 is 8.42 Å². The lowest BCUT2D eigenvalue weighted by Crippen LogP contribution is -2.42. The van der Waals surface area contributed by atoms with Crippen molar-refractivity contribution in [2.45, 2.75) is 65.0 Å². The van der Waals surface area contributed by atoms with Gasteiger partial charge in [0, 0.05) is 18.6 Å². The van der Waals surface area contributed by atoms with Gasteiger partial charge in [-0.2, -0.15) is 0 Å². The second-order valence-electron chi connectivity index (χ2n) is 5.73. The van der Waals surface area contributed by atoms with Gasteiger partial charge in [-0.1, -0.05) is 33.1 Å². The Morgan fingerprint density at radius 2 is 1.72 bits per heavy atom. The van der Waals surface area contributed by atoms with Crippen molar-refractivity contribution in [3.8, 4) is 0 Å². The molecule has 0 heterocycles. The van der Waals surface area contributed by atoms with Gasteiger partial charge in [0.1, 0.15) is 0 Å². The van der Waals surface area contributed by atoms with Crippen LogP contribution in [0.4, 0.5) is 0 Å². The molecular formula is C13H28N2O2S. The largest absolute Gasteiger partial charge is 0.313 e. The molecule has 2 N–H and O–H groups in total. The van der Waals surface area contributed by atoms with Crippen LogP contribution >= 0.6 is 0 Å². The normalized spacial score (nSPS) is 20.2. The van der Waals surface area contributed by atoms with Crippen LogP contribution < -0.4 is 10.0 Å². The first-order chi connectivity index (χ1) is 8.41. The van der Waals surface area contributed by atoms with Crippen molar-refractivity contribution in [1.29, 1.82) is 0 Å². The topological polar surface area (TPSA) is 58.2 Å². The van der Waals surface area contributed by atoms with E-state index in [4.69, 9.17) is 0 Å². The highest BCUT2D eigenvalue weighted by Crippen LogP contribution is 2.26. The Labute approximate surface area is 112 Å². The second kappa shape index (κ2) is 7.46. The van der Waals surface area contributed by atoms with Crippen LogP contribution in [0.3, 0.4) is 0 Å². The number of sulfonamides is 1. The van der Waals surface area contributed by atoms with E-state index in [0.29, 0.717) is 18.5 Å². The lowest BCUT2D eigenvalue weighted by atomic mass is 9.85. The maximum Gasteiger partial charge on any atom is 0.213 e. The molecule has 0 amide bonds. The number of nitrogens with one attached hydrogen (secondary N) is 2. The summed E-state index contributed by atoms with van der Waals surface area (Å²) in [5, 5.41) is 3.14. The molecular weight excluding hydrogens is 248 g/mol. The summed E-state index contributed by atoms with van der Waals surface area (Å²) in [6.07, 6.45) is 6.10. The molecule has 108 valence electrons. The summed E-state index contributed by atoms with van der Waals surface area (Å²) in [7, 11) is -3.14. The minimum atomic E-state index is -3.14. The van der Waals surface area contributed by atoms with Crippen molar-refractivity contribution in [3.05, 3.63) is 0 Å². The second-order valence-corrected chi connectivity index (χ2v) is 7.61. The van der Waals surface area contributed by atoms with Crippen LogP contribution in [-0.4, -0.2) is 32.8 Å². The summed E-state index contributed by atoms with van der Waals surface area (Å²) in [6.45, 7) is 6.56. The predicted octanol–water partition coefficient (Wildman–Crippen LogP) is 1.87. The first-order valence-corrected chi connectivity index (χ1v) is 8.79. The monoisotopic (exact) mass is 276 g/mol. The quantitative estimate of drug-likeness (QED) is 0.746. The highest BCUT2D eigenvalue weighted by Gasteiger charge is 2.23. The Balaban J connectivity index is 2.34. The van der Waals surface area contributed by atoms with Crippen LogP contribution in [0.15, 0.2) is 0 Å². The molecule has 18 heavy (non-hydrogen) atoms. The lowest BCUT2D eigenvalue weighted by molar-refractivity contribution is 0.303. The Morgan fingerprint density at radius 1 is 1.11 bits per heavy atom. The molecule has 0 aromatic rings. The Kier molecular flexibility index (Phi) is 6.60. The summed E-state index contributed by atoms with van der Waals surface area (Å²) in [6, 6.07) is 0.408. The third-order valence-electron chi connectivity index (χ3n) is 3.65. The van der Waals surface area contributed by atoms with Gasteiger partial charge < -0.3 is 5.32 Å². The predicted molar refractivity (Wildman–Crippen MR) is 76.1 cm³/mol. The zero-order valence-corrected chi connectivity index (χ0v) is 12.7. The van der Waals surface area contributed by atoms with Crippen LogP contribution in [0.25, 0.3) is 0 Å². The van der Waals surface area contributed by atoms with Crippen LogP contribution in [0.2, 0.25) is 0 Å². The zero-order chi connectivity index (χ0) is 13.6. The van der Waals surface area contributed by atoms with Crippen LogP contribution in [-0.2, 0) is 10.0 Å². The molecule has 0 radical (unpaired) electrons. The van der Waals surface area contributed by atoms with Gasteiger partial charge in [-0.25, -0.2) is 13.1 Å². The molecule has 4 nitrogen and oxygen atoms in total. The van der Waals surface area contributed by atoms with Gasteiger partial charge in [0.15, 0.2) is 0 Å². The van der Waals surface area contributed by atoms with Crippen molar-refractivity contribution in [1.82, 2.24) is 10.0 Å². The summed E-state index contributed by atoms with van der Waals surface area (Å²) < 4.78 is 26.7. The van der Waals surface area contributed by atoms with Crippen molar-refractivity contribution in [3.63, 3.8) is 0 Å². The molecule has 1 unspecified atom stereocenters. The number of hydrogen-bond donors (Lipinski definition) is 2. The molecule has 1 aliphatic carbocycles. The minimum absolute atomic E-state index is 0.0781. The standard InChI is InChI=1S/C13H28N2O2S/c1-11(2)14-9-10-18(16,17)15-12(3)13-7-5-4-6-8-13/h11-15H,4-10H2,1-3H3. The van der Waals surface area contributed by atoms with E-state index in [1.165, 1.54) is 19.3 Å². The van der Waals surface area contributed by atoms with Gasteiger partial charge in [-0.3, -0.25) is 0 Å². The minimum Gasteiger partial charge on any atom is -0.313 e. The Morgan fingerprint density at radius 3 is 2.28 bits per heavy atom. The zero-order valence-electron chi connectivity index (χ0n) is 11.9. The van der Waals surface area contributed by atoms with Gasteiger partial charge in [0.25, 0.3) is 0 Å². The van der Waals surface area contributed by atoms with E-state index in [2.05, 4.69) is 10.0 Å². The summed E-state index contributed by atoms with van der Waals surface area (Å²) in [5.41, 5.74) is 0. The van der Waals surface area contributed by atoms with Crippen molar-refractivity contribution >= 4 is 10.0 Å². The molecule has 1 aliphatic rings.